The molecule has 2 aromatic carbocycles. The molecule has 1 aliphatic rings. The summed E-state index contributed by atoms with van der Waals surface area (Å²) < 4.78 is 7.03. The van der Waals surface area contributed by atoms with E-state index in [9.17, 15) is 9.90 Å². The lowest BCUT2D eigenvalue weighted by Crippen LogP contribution is -2.52. The topological polar surface area (TPSA) is 136 Å². The first kappa shape index (κ1) is 30.1. The molecule has 12 nitrogen and oxygen atoms in total. The Labute approximate surface area is 262 Å². The van der Waals surface area contributed by atoms with Gasteiger partial charge in [0.25, 0.3) is 11.8 Å². The number of fused-ring (bicyclic) bond motifs is 1. The number of methoxy groups -OCH3 is 1. The average molecular weight is 610 g/mol. The van der Waals surface area contributed by atoms with E-state index in [4.69, 9.17) is 9.72 Å². The molecule has 45 heavy (non-hydrogen) atoms. The van der Waals surface area contributed by atoms with Crippen LogP contribution in [-0.4, -0.2) is 98.5 Å². The van der Waals surface area contributed by atoms with Gasteiger partial charge >= 0.3 is 0 Å². The van der Waals surface area contributed by atoms with Crippen LogP contribution < -0.4 is 15.4 Å². The smallest absolute Gasteiger partial charge is 0.256 e. The van der Waals surface area contributed by atoms with Gasteiger partial charge in [0.15, 0.2) is 0 Å². The highest BCUT2D eigenvalue weighted by Crippen LogP contribution is 2.31. The Morgan fingerprint density at radius 3 is 2.71 bits per heavy atom. The van der Waals surface area contributed by atoms with E-state index in [1.54, 1.807) is 36.2 Å². The van der Waals surface area contributed by atoms with Crippen LogP contribution in [0.25, 0.3) is 22.2 Å². The Morgan fingerprint density at radius 1 is 1.09 bits per heavy atom. The molecule has 1 fully saturated rings. The molecule has 0 unspecified atom stereocenters. The second-order valence-electron chi connectivity index (χ2n) is 11.4. The molecule has 1 aliphatic heterocycles. The molecule has 1 amide bonds. The zero-order valence-electron chi connectivity index (χ0n) is 25.8. The summed E-state index contributed by atoms with van der Waals surface area (Å²) in [6, 6.07) is 15.1. The number of aromatic nitrogens is 5. The number of hydrogen-bond acceptors (Lipinski definition) is 9. The Bertz CT molecular complexity index is 1770. The van der Waals surface area contributed by atoms with Gasteiger partial charge in [-0.15, -0.1) is 5.10 Å². The summed E-state index contributed by atoms with van der Waals surface area (Å²) in [6.07, 6.45) is 7.25. The first-order chi connectivity index (χ1) is 21.9. The van der Waals surface area contributed by atoms with Crippen molar-refractivity contribution < 1.29 is 14.6 Å². The van der Waals surface area contributed by atoms with E-state index in [1.807, 2.05) is 25.5 Å². The molecular weight excluding hydrogens is 570 g/mol. The number of para-hydroxylation sites is 2. The second-order valence-corrected chi connectivity index (χ2v) is 11.4. The fourth-order valence-electron chi connectivity index (χ4n) is 5.93. The summed E-state index contributed by atoms with van der Waals surface area (Å²) in [4.78, 5) is 30.4. The van der Waals surface area contributed by atoms with Gasteiger partial charge in [-0.25, -0.2) is 9.97 Å². The maximum Gasteiger partial charge on any atom is 0.256 e. The zero-order chi connectivity index (χ0) is 31.3. The van der Waals surface area contributed by atoms with Crippen molar-refractivity contribution in [1.29, 1.82) is 0 Å². The number of piperazine rings is 1. The largest absolute Gasteiger partial charge is 0.507 e. The maximum absolute atomic E-state index is 12.9. The van der Waals surface area contributed by atoms with Crippen LogP contribution in [0, 0.1) is 0 Å². The van der Waals surface area contributed by atoms with E-state index in [-0.39, 0.29) is 17.7 Å². The molecule has 0 radical (unpaired) electrons. The number of ether oxygens (including phenoxy) is 1. The van der Waals surface area contributed by atoms with Crippen LogP contribution in [0.4, 0.5) is 11.6 Å². The number of anilines is 2. The van der Waals surface area contributed by atoms with Crippen LogP contribution in [0.2, 0.25) is 0 Å². The Balaban J connectivity index is 1.19. The van der Waals surface area contributed by atoms with Crippen molar-refractivity contribution in [2.24, 2.45) is 7.05 Å². The fraction of sp³-hybridized carbons (Fsp3) is 0.333. The molecule has 0 aliphatic carbocycles. The van der Waals surface area contributed by atoms with E-state index in [0.717, 1.165) is 61.2 Å². The molecule has 4 N–H and O–H groups in total. The molecule has 3 aromatic heterocycles. The van der Waals surface area contributed by atoms with Crippen molar-refractivity contribution in [2.75, 3.05) is 52.2 Å². The minimum atomic E-state index is -0.260. The van der Waals surface area contributed by atoms with Gasteiger partial charge in [-0.1, -0.05) is 30.3 Å². The molecule has 5 aromatic rings. The summed E-state index contributed by atoms with van der Waals surface area (Å²) in [5, 5.41) is 21.8. The van der Waals surface area contributed by atoms with Crippen molar-refractivity contribution in [3.05, 3.63) is 78.2 Å². The highest BCUT2D eigenvalue weighted by molar-refractivity contribution is 5.97. The van der Waals surface area contributed by atoms with Gasteiger partial charge in [0.1, 0.15) is 11.4 Å². The number of aromatic hydroxyl groups is 1. The van der Waals surface area contributed by atoms with Crippen LogP contribution in [0.5, 0.6) is 11.6 Å². The summed E-state index contributed by atoms with van der Waals surface area (Å²) in [7, 11) is 5.55. The van der Waals surface area contributed by atoms with Crippen molar-refractivity contribution >= 4 is 28.4 Å². The predicted molar refractivity (Wildman–Crippen MR) is 174 cm³/mol. The number of rotatable bonds is 11. The molecule has 4 heterocycles. The minimum Gasteiger partial charge on any atom is -0.507 e. The van der Waals surface area contributed by atoms with Crippen LogP contribution in [0.3, 0.4) is 0 Å². The van der Waals surface area contributed by atoms with E-state index < -0.39 is 0 Å². The summed E-state index contributed by atoms with van der Waals surface area (Å²) in [5.41, 5.74) is 5.04. The molecule has 0 saturated carbocycles. The Hall–Kier alpha value is -4.94. The molecule has 6 rings (SSSR count). The number of phenols is 1. The third kappa shape index (κ3) is 6.76. The van der Waals surface area contributed by atoms with Gasteiger partial charge < -0.3 is 30.4 Å². The van der Waals surface area contributed by atoms with Crippen LogP contribution in [-0.2, 0) is 13.5 Å². The number of phenolic OH excluding ortho intramolecular Hbond substituents is 1. The monoisotopic (exact) mass is 609 g/mol. The number of aryl methyl sites for hydroxylation is 2. The van der Waals surface area contributed by atoms with E-state index in [0.29, 0.717) is 29.6 Å². The minimum absolute atomic E-state index is 0.0104. The third-order valence-electron chi connectivity index (χ3n) is 8.42. The number of benzene rings is 2. The first-order valence-electron chi connectivity index (χ1n) is 15.2. The van der Waals surface area contributed by atoms with Gasteiger partial charge in [0.05, 0.1) is 24.6 Å². The van der Waals surface area contributed by atoms with Crippen LogP contribution in [0.15, 0.2) is 67.1 Å². The number of amides is 1. The zero-order valence-corrected chi connectivity index (χ0v) is 25.8. The lowest BCUT2D eigenvalue weighted by atomic mass is 10.00. The molecule has 0 spiro atoms. The van der Waals surface area contributed by atoms with Gasteiger partial charge in [-0.2, -0.15) is 0 Å². The average Bonchev–Trinajstić information content (AvgIpc) is 3.65. The van der Waals surface area contributed by atoms with Crippen molar-refractivity contribution in [3.63, 3.8) is 0 Å². The third-order valence-corrected chi connectivity index (χ3v) is 8.42. The van der Waals surface area contributed by atoms with Gasteiger partial charge in [0.2, 0.25) is 5.95 Å². The number of nitrogens with one attached hydrogen (secondary N) is 3. The van der Waals surface area contributed by atoms with Crippen molar-refractivity contribution in [3.8, 4) is 22.9 Å². The lowest BCUT2D eigenvalue weighted by molar-refractivity contribution is 0.0872. The van der Waals surface area contributed by atoms with Gasteiger partial charge in [-0.05, 0) is 43.7 Å². The van der Waals surface area contributed by atoms with Crippen LogP contribution >= 0.6 is 0 Å². The predicted octanol–water partition coefficient (Wildman–Crippen LogP) is 3.79. The fourth-order valence-corrected chi connectivity index (χ4v) is 5.93. The first-order valence-corrected chi connectivity index (χ1v) is 15.2. The standard InChI is InChI=1S/C33H39N9O3/c1-40-15-17-42(18-16-40)23(19-36-31(44)25-8-4-5-10-29(25)43)12-11-22-7-6-9-24-26(20-35-30(22)24)27-13-14-34-33(37-27)38-28-21-41(2)39-32(28)45-3/h4-10,13-14,20-21,23,35,43H,11-12,15-19H2,1-3H3,(H,36,44)(H,34,37,38)/t23-/m0/s1. The number of carbonyl (C=O) groups excluding carboxylic acids is 1. The number of nitrogens with zero attached hydrogens (tertiary/aromatic N) is 6. The summed E-state index contributed by atoms with van der Waals surface area (Å²) in [5.74, 6) is 0.647. The lowest BCUT2D eigenvalue weighted by Gasteiger charge is -2.38. The summed E-state index contributed by atoms with van der Waals surface area (Å²) >= 11 is 0. The molecular formula is C33H39N9O3. The van der Waals surface area contributed by atoms with Crippen molar-refractivity contribution in [1.82, 2.24) is 39.8 Å². The maximum atomic E-state index is 12.9. The normalized spacial score (nSPS) is 14.8. The number of hydrogen-bond donors (Lipinski definition) is 4. The number of likely N-dealkylation sites (N-methyl/N-ethyl adjacent to an activating group) is 1. The molecule has 1 saturated heterocycles. The van der Waals surface area contributed by atoms with Gasteiger partial charge in [-0.3, -0.25) is 14.4 Å². The Morgan fingerprint density at radius 2 is 1.91 bits per heavy atom. The number of aromatic amines is 1. The highest BCUT2D eigenvalue weighted by atomic mass is 16.5. The van der Waals surface area contributed by atoms with E-state index in [2.05, 4.69) is 60.7 Å². The van der Waals surface area contributed by atoms with Crippen LogP contribution in [0.1, 0.15) is 22.3 Å². The molecule has 1 atom stereocenters. The molecule has 0 bridgehead atoms. The number of H-pyrrole nitrogens is 1. The van der Waals surface area contributed by atoms with Gasteiger partial charge in [0, 0.05) is 74.7 Å². The van der Waals surface area contributed by atoms with E-state index in [1.165, 1.54) is 11.6 Å². The highest BCUT2D eigenvalue weighted by Gasteiger charge is 2.24. The van der Waals surface area contributed by atoms with E-state index >= 15 is 0 Å². The SMILES string of the molecule is COc1nn(C)cc1Nc1nccc(-c2c[nH]c3c(CC[C@@H](CNC(=O)c4ccccc4O)N4CCN(C)CC4)cccc23)n1. The second kappa shape index (κ2) is 13.4. The molecule has 12 heteroatoms. The Kier molecular flexibility index (Phi) is 8.94. The molecule has 234 valence electrons. The number of carbonyl (C=O) groups is 1. The van der Waals surface area contributed by atoms with Crippen molar-refractivity contribution in [2.45, 2.75) is 18.9 Å². The quantitative estimate of drug-likeness (QED) is 0.176. The summed E-state index contributed by atoms with van der Waals surface area (Å²) in [6.45, 7) is 4.37.